The van der Waals surface area contributed by atoms with E-state index in [-0.39, 0.29) is 17.7 Å². The Balaban J connectivity index is 1.91. The number of piperidine rings is 1. The molecule has 0 radical (unpaired) electrons. The van der Waals surface area contributed by atoms with Crippen LogP contribution in [0.25, 0.3) is 0 Å². The van der Waals surface area contributed by atoms with Gasteiger partial charge in [0, 0.05) is 18.8 Å². The van der Waals surface area contributed by atoms with Crippen LogP contribution in [-0.4, -0.2) is 35.8 Å². The highest BCUT2D eigenvalue weighted by Crippen LogP contribution is 2.19. The molecular weight excluding hydrogens is 280 g/mol. The Bertz CT molecular complexity index is 527. The monoisotopic (exact) mass is 304 g/mol. The smallest absolute Gasteiger partial charge is 0.240 e. The first kappa shape index (κ1) is 16.5. The lowest BCUT2D eigenvalue weighted by atomic mass is 9.97. The van der Waals surface area contributed by atoms with Crippen molar-refractivity contribution < 1.29 is 9.59 Å². The first-order chi connectivity index (χ1) is 10.5. The van der Waals surface area contributed by atoms with Gasteiger partial charge in [0.15, 0.2) is 0 Å². The molecule has 0 spiro atoms. The number of carbonyl (C=O) groups is 2. The lowest BCUT2D eigenvalue weighted by Gasteiger charge is -2.31. The summed E-state index contributed by atoms with van der Waals surface area (Å²) in [5.74, 6) is -0.454. The molecule has 22 heavy (non-hydrogen) atoms. The Morgan fingerprint density at radius 1 is 1.36 bits per heavy atom. The number of amides is 2. The molecule has 1 aromatic carbocycles. The highest BCUT2D eigenvalue weighted by molar-refractivity contribution is 5.94. The van der Waals surface area contributed by atoms with E-state index < -0.39 is 6.04 Å². The predicted octanol–water partition coefficient (Wildman–Crippen LogP) is 0.670. The lowest BCUT2D eigenvalue weighted by Crippen LogP contribution is -2.40. The molecule has 0 aromatic heterocycles. The third-order valence-corrected chi connectivity index (χ3v) is 3.95. The lowest BCUT2D eigenvalue weighted by molar-refractivity contribution is -0.123. The van der Waals surface area contributed by atoms with E-state index in [1.807, 2.05) is 24.3 Å². The van der Waals surface area contributed by atoms with E-state index in [0.29, 0.717) is 0 Å². The number of likely N-dealkylation sites (tertiary alicyclic amines) is 1. The van der Waals surface area contributed by atoms with Crippen LogP contribution in [0.3, 0.4) is 0 Å². The van der Waals surface area contributed by atoms with Crippen LogP contribution in [0.1, 0.15) is 25.3 Å². The number of hydrogen-bond donors (Lipinski definition) is 3. The maximum atomic E-state index is 11.5. The molecule has 6 heteroatoms. The van der Waals surface area contributed by atoms with Gasteiger partial charge >= 0.3 is 0 Å². The molecule has 0 bridgehead atoms. The Kier molecular flexibility index (Phi) is 5.51. The highest BCUT2D eigenvalue weighted by atomic mass is 16.2. The van der Waals surface area contributed by atoms with Gasteiger partial charge in [-0.1, -0.05) is 12.1 Å². The molecule has 2 atom stereocenters. The van der Waals surface area contributed by atoms with Crippen LogP contribution in [0.4, 0.5) is 5.69 Å². The average molecular weight is 304 g/mol. The van der Waals surface area contributed by atoms with E-state index in [4.69, 9.17) is 11.5 Å². The van der Waals surface area contributed by atoms with Gasteiger partial charge in [-0.05, 0) is 44.0 Å². The average Bonchev–Trinajstić information content (AvgIpc) is 2.49. The van der Waals surface area contributed by atoms with E-state index in [1.54, 1.807) is 6.92 Å². The van der Waals surface area contributed by atoms with Gasteiger partial charge in [0.05, 0.1) is 12.0 Å². The minimum Gasteiger partial charge on any atom is -0.369 e. The summed E-state index contributed by atoms with van der Waals surface area (Å²) in [6, 6.07) is 7.16. The summed E-state index contributed by atoms with van der Waals surface area (Å²) in [5.41, 5.74) is 12.8. The van der Waals surface area contributed by atoms with Crippen LogP contribution < -0.4 is 16.8 Å². The summed E-state index contributed by atoms with van der Waals surface area (Å²) in [5, 5.41) is 2.76. The van der Waals surface area contributed by atoms with Gasteiger partial charge in [-0.3, -0.25) is 14.5 Å². The number of nitrogens with two attached hydrogens (primary N) is 2. The minimum atomic E-state index is -0.529. The van der Waals surface area contributed by atoms with Crippen molar-refractivity contribution in [2.24, 2.45) is 17.4 Å². The second-order valence-electron chi connectivity index (χ2n) is 5.95. The highest BCUT2D eigenvalue weighted by Gasteiger charge is 2.23. The molecule has 2 unspecified atom stereocenters. The van der Waals surface area contributed by atoms with Gasteiger partial charge in [0.25, 0.3) is 0 Å². The maximum Gasteiger partial charge on any atom is 0.240 e. The van der Waals surface area contributed by atoms with Crippen LogP contribution in [0.15, 0.2) is 24.3 Å². The number of rotatable bonds is 5. The Morgan fingerprint density at radius 2 is 2.05 bits per heavy atom. The molecule has 1 saturated heterocycles. The van der Waals surface area contributed by atoms with Crippen LogP contribution in [0.2, 0.25) is 0 Å². The minimum absolute atomic E-state index is 0.0432. The summed E-state index contributed by atoms with van der Waals surface area (Å²) >= 11 is 0. The van der Waals surface area contributed by atoms with Gasteiger partial charge in [0.2, 0.25) is 11.8 Å². The fraction of sp³-hybridized carbons (Fsp3) is 0.500. The van der Waals surface area contributed by atoms with Crippen LogP contribution >= 0.6 is 0 Å². The molecule has 0 aliphatic carbocycles. The van der Waals surface area contributed by atoms with E-state index in [0.717, 1.165) is 43.7 Å². The molecule has 2 rings (SSSR count). The van der Waals surface area contributed by atoms with Gasteiger partial charge in [-0.15, -0.1) is 0 Å². The van der Waals surface area contributed by atoms with Crippen molar-refractivity contribution in [1.29, 1.82) is 0 Å². The molecule has 1 aromatic rings. The van der Waals surface area contributed by atoms with Crippen LogP contribution in [-0.2, 0) is 16.1 Å². The topological polar surface area (TPSA) is 101 Å². The predicted molar refractivity (Wildman–Crippen MR) is 85.9 cm³/mol. The molecule has 0 saturated carbocycles. The third kappa shape index (κ3) is 4.54. The van der Waals surface area contributed by atoms with Crippen LogP contribution in [0, 0.1) is 5.92 Å². The molecule has 2 amide bonds. The number of primary amides is 1. The van der Waals surface area contributed by atoms with E-state index in [2.05, 4.69) is 10.2 Å². The van der Waals surface area contributed by atoms with Crippen molar-refractivity contribution >= 4 is 17.5 Å². The fourth-order valence-corrected chi connectivity index (χ4v) is 2.64. The Hall–Kier alpha value is -1.92. The molecule has 120 valence electrons. The van der Waals surface area contributed by atoms with Crippen molar-refractivity contribution in [2.75, 3.05) is 18.4 Å². The zero-order valence-corrected chi connectivity index (χ0v) is 12.9. The first-order valence-electron chi connectivity index (χ1n) is 7.63. The van der Waals surface area contributed by atoms with Crippen molar-refractivity contribution in [2.45, 2.75) is 32.4 Å². The SMILES string of the molecule is CC(N)C(=O)Nc1ccc(CN2CCCC(C(N)=O)C2)cc1. The van der Waals surface area contributed by atoms with Gasteiger partial charge < -0.3 is 16.8 Å². The first-order valence-corrected chi connectivity index (χ1v) is 7.63. The van der Waals surface area contributed by atoms with Crippen molar-refractivity contribution in [3.63, 3.8) is 0 Å². The summed E-state index contributed by atoms with van der Waals surface area (Å²) < 4.78 is 0. The molecule has 1 aliphatic heterocycles. The standard InChI is InChI=1S/C16H24N4O2/c1-11(17)16(22)19-14-6-4-12(5-7-14)9-20-8-2-3-13(10-20)15(18)21/h4-7,11,13H,2-3,8-10,17H2,1H3,(H2,18,21)(H,19,22). The largest absolute Gasteiger partial charge is 0.369 e. The second-order valence-corrected chi connectivity index (χ2v) is 5.95. The fourth-order valence-electron chi connectivity index (χ4n) is 2.64. The molecule has 1 aliphatic rings. The summed E-state index contributed by atoms with van der Waals surface area (Å²) in [7, 11) is 0. The number of nitrogens with zero attached hydrogens (tertiary/aromatic N) is 1. The van der Waals surface area contributed by atoms with E-state index in [9.17, 15) is 9.59 Å². The quantitative estimate of drug-likeness (QED) is 0.744. The number of anilines is 1. The van der Waals surface area contributed by atoms with E-state index in [1.165, 1.54) is 0 Å². The zero-order valence-electron chi connectivity index (χ0n) is 12.9. The van der Waals surface area contributed by atoms with Crippen molar-refractivity contribution in [3.8, 4) is 0 Å². The summed E-state index contributed by atoms with van der Waals surface area (Å²) in [6.07, 6.45) is 1.88. The molecule has 5 N–H and O–H groups in total. The summed E-state index contributed by atoms with van der Waals surface area (Å²) in [4.78, 5) is 25.1. The van der Waals surface area contributed by atoms with Crippen LogP contribution in [0.5, 0.6) is 0 Å². The van der Waals surface area contributed by atoms with E-state index >= 15 is 0 Å². The second kappa shape index (κ2) is 7.38. The molecule has 1 heterocycles. The Morgan fingerprint density at radius 3 is 2.64 bits per heavy atom. The number of hydrogen-bond acceptors (Lipinski definition) is 4. The zero-order chi connectivity index (χ0) is 16.1. The Labute approximate surface area is 130 Å². The van der Waals surface area contributed by atoms with Gasteiger partial charge in [0.1, 0.15) is 0 Å². The summed E-state index contributed by atoms with van der Waals surface area (Å²) in [6.45, 7) is 4.13. The van der Waals surface area contributed by atoms with Gasteiger partial charge in [-0.2, -0.15) is 0 Å². The normalized spacial score (nSPS) is 20.4. The van der Waals surface area contributed by atoms with Gasteiger partial charge in [-0.25, -0.2) is 0 Å². The number of benzene rings is 1. The molecule has 6 nitrogen and oxygen atoms in total. The van der Waals surface area contributed by atoms with Crippen molar-refractivity contribution in [3.05, 3.63) is 29.8 Å². The number of nitrogens with one attached hydrogen (secondary N) is 1. The maximum absolute atomic E-state index is 11.5. The molecular formula is C16H24N4O2. The third-order valence-electron chi connectivity index (χ3n) is 3.95. The molecule has 1 fully saturated rings. The number of carbonyl (C=O) groups excluding carboxylic acids is 2. The van der Waals surface area contributed by atoms with Crippen molar-refractivity contribution in [1.82, 2.24) is 4.90 Å².